The van der Waals surface area contributed by atoms with Crippen LogP contribution < -0.4 is 11.1 Å². The quantitative estimate of drug-likeness (QED) is 0.314. The number of aromatic hydroxyl groups is 1. The molecule has 12 heteroatoms. The van der Waals surface area contributed by atoms with Gasteiger partial charge >= 0.3 is 0 Å². The number of phenols is 1. The Labute approximate surface area is 219 Å². The van der Waals surface area contributed by atoms with Gasteiger partial charge < -0.3 is 20.6 Å². The lowest BCUT2D eigenvalue weighted by molar-refractivity contribution is -0.119. The van der Waals surface area contributed by atoms with E-state index in [1.807, 2.05) is 0 Å². The van der Waals surface area contributed by atoms with Gasteiger partial charge in [0.1, 0.15) is 45.2 Å². The molecule has 3 aromatic heterocycles. The number of imidazole rings is 1. The molecule has 0 radical (unpaired) electrons. The number of halogens is 3. The second kappa shape index (κ2) is 8.45. The van der Waals surface area contributed by atoms with Crippen LogP contribution in [-0.2, 0) is 16.6 Å². The summed E-state index contributed by atoms with van der Waals surface area (Å²) >= 11 is 5.76. The van der Waals surface area contributed by atoms with Crippen molar-refractivity contribution < 1.29 is 18.7 Å². The molecule has 0 aliphatic carbocycles. The van der Waals surface area contributed by atoms with Crippen molar-refractivity contribution in [1.29, 1.82) is 0 Å². The first-order chi connectivity index (χ1) is 18.1. The maximum absolute atomic E-state index is 14.3. The van der Waals surface area contributed by atoms with E-state index in [9.17, 15) is 18.7 Å². The predicted molar refractivity (Wildman–Crippen MR) is 136 cm³/mol. The number of hydrogen-bond donors (Lipinski definition) is 3. The Bertz CT molecular complexity index is 1770. The fourth-order valence-electron chi connectivity index (χ4n) is 4.72. The molecule has 0 saturated carbocycles. The number of nitrogens with one attached hydrogen (secondary N) is 1. The van der Waals surface area contributed by atoms with Crippen molar-refractivity contribution in [2.45, 2.75) is 18.8 Å². The fraction of sp³-hybridized carbons (Fsp3) is 0.115. The number of hydrogen-bond acceptors (Lipinski definition) is 7. The molecule has 1 aliphatic rings. The van der Waals surface area contributed by atoms with E-state index in [4.69, 9.17) is 17.3 Å². The number of fused-ring (bicyclic) bond motifs is 2. The van der Waals surface area contributed by atoms with Crippen molar-refractivity contribution in [3.05, 3.63) is 94.0 Å². The number of rotatable bonds is 4. The van der Waals surface area contributed by atoms with E-state index in [2.05, 4.69) is 25.3 Å². The SMILES string of the molecule is CC1(c2cc(O)c(Cl)c(F)c2)C(=O)Nc2nc(-c3cn4ccnc4c(Cc4cccc(F)c4)n3)nc(N)c21. The topological polar surface area (TPSA) is 131 Å². The van der Waals surface area contributed by atoms with Crippen molar-refractivity contribution in [3.63, 3.8) is 0 Å². The molecule has 0 spiro atoms. The van der Waals surface area contributed by atoms with E-state index in [-0.39, 0.29) is 34.4 Å². The van der Waals surface area contributed by atoms with Gasteiger partial charge in [-0.3, -0.25) is 4.79 Å². The lowest BCUT2D eigenvalue weighted by atomic mass is 9.77. The molecule has 1 aliphatic heterocycles. The number of aromatic nitrogens is 5. The van der Waals surface area contributed by atoms with Crippen molar-refractivity contribution in [1.82, 2.24) is 24.3 Å². The summed E-state index contributed by atoms with van der Waals surface area (Å²) in [5, 5.41) is 12.3. The molecular weight excluding hydrogens is 516 g/mol. The summed E-state index contributed by atoms with van der Waals surface area (Å²) in [7, 11) is 0. The average molecular weight is 534 g/mol. The number of amides is 1. The zero-order valence-corrected chi connectivity index (χ0v) is 20.5. The largest absolute Gasteiger partial charge is 0.506 e. The van der Waals surface area contributed by atoms with Gasteiger partial charge in [0.25, 0.3) is 0 Å². The van der Waals surface area contributed by atoms with Gasteiger partial charge in [-0.15, -0.1) is 0 Å². The van der Waals surface area contributed by atoms with Gasteiger partial charge in [0, 0.05) is 25.0 Å². The third-order valence-electron chi connectivity index (χ3n) is 6.64. The Morgan fingerprint density at radius 3 is 2.76 bits per heavy atom. The van der Waals surface area contributed by atoms with Gasteiger partial charge in [-0.1, -0.05) is 23.7 Å². The summed E-state index contributed by atoms with van der Waals surface area (Å²) in [6.07, 6.45) is 5.31. The monoisotopic (exact) mass is 533 g/mol. The highest BCUT2D eigenvalue weighted by atomic mass is 35.5. The normalized spacial score (nSPS) is 16.6. The van der Waals surface area contributed by atoms with Crippen LogP contribution in [0.15, 0.2) is 55.0 Å². The molecule has 9 nitrogen and oxygen atoms in total. The third-order valence-corrected chi connectivity index (χ3v) is 7.02. The van der Waals surface area contributed by atoms with E-state index < -0.39 is 27.9 Å². The molecule has 1 atom stereocenters. The van der Waals surface area contributed by atoms with Crippen molar-refractivity contribution in [2.24, 2.45) is 0 Å². The zero-order chi connectivity index (χ0) is 26.8. The molecule has 1 unspecified atom stereocenters. The molecule has 0 fully saturated rings. The first-order valence-corrected chi connectivity index (χ1v) is 11.8. The third kappa shape index (κ3) is 3.62. The van der Waals surface area contributed by atoms with Crippen LogP contribution in [0.4, 0.5) is 20.4 Å². The summed E-state index contributed by atoms with van der Waals surface area (Å²) in [6, 6.07) is 8.47. The molecule has 6 rings (SSSR count). The zero-order valence-electron chi connectivity index (χ0n) is 19.7. The summed E-state index contributed by atoms with van der Waals surface area (Å²) in [4.78, 5) is 31.1. The molecular formula is C26H18ClF2N7O2. The molecule has 1 amide bonds. The number of benzene rings is 2. The molecule has 4 N–H and O–H groups in total. The van der Waals surface area contributed by atoms with Crippen LogP contribution in [0.2, 0.25) is 5.02 Å². The van der Waals surface area contributed by atoms with Crippen LogP contribution >= 0.6 is 11.6 Å². The van der Waals surface area contributed by atoms with Gasteiger partial charge in [0.15, 0.2) is 11.5 Å². The number of nitrogens with two attached hydrogens (primary N) is 1. The number of phenolic OH excluding ortho intramolecular Hbond substituents is 1. The molecule has 2 aromatic carbocycles. The lowest BCUT2D eigenvalue weighted by Crippen LogP contribution is -2.33. The van der Waals surface area contributed by atoms with E-state index >= 15 is 0 Å². The summed E-state index contributed by atoms with van der Waals surface area (Å²) in [5.41, 5.74) is 7.40. The highest BCUT2D eigenvalue weighted by molar-refractivity contribution is 6.32. The number of nitrogen functional groups attached to an aromatic ring is 1. The Morgan fingerprint density at radius 1 is 1.18 bits per heavy atom. The van der Waals surface area contributed by atoms with E-state index in [0.717, 1.165) is 6.07 Å². The molecule has 4 heterocycles. The number of carbonyl (C=O) groups excluding carboxylic acids is 1. The highest BCUT2D eigenvalue weighted by Crippen LogP contribution is 2.46. The van der Waals surface area contributed by atoms with E-state index in [1.165, 1.54) is 25.1 Å². The van der Waals surface area contributed by atoms with Gasteiger partial charge in [-0.2, -0.15) is 0 Å². The molecule has 0 saturated heterocycles. The number of carbonyl (C=O) groups is 1. The van der Waals surface area contributed by atoms with E-state index in [1.54, 1.807) is 35.1 Å². The Kier molecular flexibility index (Phi) is 5.28. The minimum absolute atomic E-state index is 0.0279. The maximum atomic E-state index is 14.3. The molecule has 0 bridgehead atoms. The minimum Gasteiger partial charge on any atom is -0.506 e. The second-order valence-corrected chi connectivity index (χ2v) is 9.44. The van der Waals surface area contributed by atoms with Crippen LogP contribution in [0.1, 0.15) is 29.3 Å². The van der Waals surface area contributed by atoms with Crippen LogP contribution in [0, 0.1) is 11.6 Å². The van der Waals surface area contributed by atoms with Crippen LogP contribution in [-0.4, -0.2) is 35.4 Å². The molecule has 38 heavy (non-hydrogen) atoms. The Balaban J connectivity index is 1.47. The Morgan fingerprint density at radius 2 is 2.00 bits per heavy atom. The standard InChI is InChI=1S/C26H18ClF2N7O2/c1-26(13-9-15(29)20(27)18(37)10-13)19-21(30)33-22(34-23(19)35-25(26)38)17-11-36-6-5-31-24(36)16(32-17)8-12-3-2-4-14(28)7-12/h2-7,9-11,37H,8H2,1H3,(H3,30,33,34,35,38). The number of nitrogens with zero attached hydrogens (tertiary/aromatic N) is 5. The second-order valence-electron chi connectivity index (χ2n) is 9.06. The van der Waals surface area contributed by atoms with Crippen LogP contribution in [0.25, 0.3) is 17.2 Å². The first-order valence-electron chi connectivity index (χ1n) is 11.4. The van der Waals surface area contributed by atoms with E-state index in [0.29, 0.717) is 29.0 Å². The Hall–Kier alpha value is -4.64. The van der Waals surface area contributed by atoms with Crippen LogP contribution in [0.5, 0.6) is 5.75 Å². The summed E-state index contributed by atoms with van der Waals surface area (Å²) in [5.74, 6) is -2.05. The van der Waals surface area contributed by atoms with Crippen molar-refractivity contribution in [2.75, 3.05) is 11.1 Å². The summed E-state index contributed by atoms with van der Waals surface area (Å²) < 4.78 is 29.9. The molecule has 5 aromatic rings. The minimum atomic E-state index is -1.49. The number of anilines is 2. The van der Waals surface area contributed by atoms with Crippen molar-refractivity contribution >= 4 is 34.8 Å². The van der Waals surface area contributed by atoms with Gasteiger partial charge in [-0.25, -0.2) is 28.7 Å². The fourth-order valence-corrected chi connectivity index (χ4v) is 4.83. The average Bonchev–Trinajstić information content (AvgIpc) is 3.45. The smallest absolute Gasteiger partial charge is 0.240 e. The van der Waals surface area contributed by atoms with Gasteiger partial charge in [0.05, 0.1) is 11.3 Å². The molecule has 190 valence electrons. The highest BCUT2D eigenvalue weighted by Gasteiger charge is 2.48. The maximum Gasteiger partial charge on any atom is 0.240 e. The predicted octanol–water partition coefficient (Wildman–Crippen LogP) is 4.25. The first kappa shape index (κ1) is 23.7. The summed E-state index contributed by atoms with van der Waals surface area (Å²) in [6.45, 7) is 1.53. The van der Waals surface area contributed by atoms with Gasteiger partial charge in [-0.05, 0) is 42.3 Å². The lowest BCUT2D eigenvalue weighted by Gasteiger charge is -2.24. The van der Waals surface area contributed by atoms with Crippen molar-refractivity contribution in [3.8, 4) is 17.3 Å². The van der Waals surface area contributed by atoms with Crippen LogP contribution in [0.3, 0.4) is 0 Å². The van der Waals surface area contributed by atoms with Gasteiger partial charge in [0.2, 0.25) is 5.91 Å².